The summed E-state index contributed by atoms with van der Waals surface area (Å²) >= 11 is 0. The van der Waals surface area contributed by atoms with E-state index in [0.717, 1.165) is 0 Å². The number of ketones is 1. The summed E-state index contributed by atoms with van der Waals surface area (Å²) in [4.78, 5) is 27.3. The van der Waals surface area contributed by atoms with Gasteiger partial charge in [-0.2, -0.15) is 5.26 Å². The predicted molar refractivity (Wildman–Crippen MR) is 111 cm³/mol. The Labute approximate surface area is 176 Å². The number of ether oxygens (including phenoxy) is 2. The molecule has 6 nitrogen and oxygen atoms in total. The fraction of sp³-hybridized carbons (Fsp3) is 0.375. The van der Waals surface area contributed by atoms with Gasteiger partial charge in [-0.05, 0) is 44.2 Å². The number of fused-ring (bicyclic) bond motifs is 1. The summed E-state index contributed by atoms with van der Waals surface area (Å²) in [5.74, 6) is 1.08. The number of nitrogens with zero attached hydrogens (tertiary/aromatic N) is 2. The monoisotopic (exact) mass is 404 g/mol. The first-order valence-corrected chi connectivity index (χ1v) is 10.2. The van der Waals surface area contributed by atoms with Gasteiger partial charge in [-0.1, -0.05) is 12.1 Å². The van der Waals surface area contributed by atoms with E-state index in [1.807, 2.05) is 32.0 Å². The molecule has 0 atom stereocenters. The number of carbonyl (C=O) groups is 2. The van der Waals surface area contributed by atoms with Crippen LogP contribution in [-0.2, 0) is 0 Å². The minimum absolute atomic E-state index is 0.0553. The Balaban J connectivity index is 1.47. The highest BCUT2D eigenvalue weighted by molar-refractivity contribution is 6.00. The Bertz CT molecular complexity index is 1030. The zero-order valence-corrected chi connectivity index (χ0v) is 17.2. The molecule has 0 aromatic heterocycles. The van der Waals surface area contributed by atoms with Gasteiger partial charge in [0, 0.05) is 31.5 Å². The summed E-state index contributed by atoms with van der Waals surface area (Å²) in [5, 5.41) is 9.42. The Morgan fingerprint density at radius 1 is 1.20 bits per heavy atom. The van der Waals surface area contributed by atoms with Crippen LogP contribution in [0.1, 0.15) is 59.4 Å². The first kappa shape index (κ1) is 20.0. The van der Waals surface area contributed by atoms with Crippen molar-refractivity contribution in [3.8, 4) is 17.6 Å². The summed E-state index contributed by atoms with van der Waals surface area (Å²) in [7, 11) is 0. The Kier molecular flexibility index (Phi) is 5.21. The second-order valence-electron chi connectivity index (χ2n) is 8.16. The minimum Gasteiger partial charge on any atom is -0.490 e. The predicted octanol–water partition coefficient (Wildman–Crippen LogP) is 3.99. The van der Waals surface area contributed by atoms with E-state index in [-0.39, 0.29) is 17.8 Å². The fourth-order valence-electron chi connectivity index (χ4n) is 4.13. The molecule has 2 aliphatic heterocycles. The molecular formula is C24H24N2O4. The highest BCUT2D eigenvalue weighted by Gasteiger charge is 2.43. The summed E-state index contributed by atoms with van der Waals surface area (Å²) in [6.07, 6.45) is 1.48. The van der Waals surface area contributed by atoms with Gasteiger partial charge in [-0.15, -0.1) is 0 Å². The zero-order valence-electron chi connectivity index (χ0n) is 17.2. The van der Waals surface area contributed by atoms with Crippen molar-refractivity contribution in [2.75, 3.05) is 13.1 Å². The third-order valence-electron chi connectivity index (χ3n) is 5.67. The molecule has 2 heterocycles. The first-order chi connectivity index (χ1) is 14.4. The van der Waals surface area contributed by atoms with Gasteiger partial charge in [0.15, 0.2) is 5.78 Å². The van der Waals surface area contributed by atoms with Crippen LogP contribution in [0.2, 0.25) is 0 Å². The van der Waals surface area contributed by atoms with Crippen molar-refractivity contribution in [1.82, 2.24) is 4.90 Å². The number of nitriles is 1. The maximum atomic E-state index is 13.0. The van der Waals surface area contributed by atoms with Gasteiger partial charge in [0.1, 0.15) is 23.2 Å². The lowest BCUT2D eigenvalue weighted by atomic mass is 9.82. The molecule has 0 unspecified atom stereocenters. The number of hydrogen-bond acceptors (Lipinski definition) is 5. The normalized spacial score (nSPS) is 17.3. The molecule has 30 heavy (non-hydrogen) atoms. The third kappa shape index (κ3) is 3.76. The van der Waals surface area contributed by atoms with E-state index in [2.05, 4.69) is 6.07 Å². The lowest BCUT2D eigenvalue weighted by Crippen LogP contribution is -2.52. The van der Waals surface area contributed by atoms with Gasteiger partial charge in [-0.25, -0.2) is 0 Å². The molecule has 0 bridgehead atoms. The van der Waals surface area contributed by atoms with E-state index >= 15 is 0 Å². The number of rotatable bonds is 3. The van der Waals surface area contributed by atoms with Crippen LogP contribution in [0.3, 0.4) is 0 Å². The number of para-hydroxylation sites is 1. The summed E-state index contributed by atoms with van der Waals surface area (Å²) in [6, 6.07) is 14.4. The van der Waals surface area contributed by atoms with Crippen molar-refractivity contribution in [3.63, 3.8) is 0 Å². The van der Waals surface area contributed by atoms with Crippen LogP contribution < -0.4 is 9.47 Å². The molecule has 1 amide bonds. The van der Waals surface area contributed by atoms with Gasteiger partial charge >= 0.3 is 0 Å². The average molecular weight is 404 g/mol. The zero-order chi connectivity index (χ0) is 21.3. The van der Waals surface area contributed by atoms with Crippen LogP contribution in [0.15, 0.2) is 42.5 Å². The molecule has 1 fully saturated rings. The Morgan fingerprint density at radius 3 is 2.63 bits per heavy atom. The van der Waals surface area contributed by atoms with E-state index in [4.69, 9.17) is 9.47 Å². The van der Waals surface area contributed by atoms with Crippen LogP contribution in [-0.4, -0.2) is 41.4 Å². The number of amides is 1. The van der Waals surface area contributed by atoms with Crippen molar-refractivity contribution in [1.29, 1.82) is 5.26 Å². The van der Waals surface area contributed by atoms with Gasteiger partial charge in [0.05, 0.1) is 23.7 Å². The molecule has 2 aromatic carbocycles. The maximum Gasteiger partial charge on any atom is 0.253 e. The SMILES string of the molecule is CC(C)Oc1ccc(C(=O)N2CCC3(CC2)CC(=O)c2ccccc2O3)cc1C#N. The molecule has 2 aliphatic rings. The van der Waals surface area contributed by atoms with Crippen LogP contribution in [0, 0.1) is 11.3 Å². The van der Waals surface area contributed by atoms with E-state index < -0.39 is 5.60 Å². The van der Waals surface area contributed by atoms with E-state index in [9.17, 15) is 14.9 Å². The number of likely N-dealkylation sites (tertiary alicyclic amines) is 1. The van der Waals surface area contributed by atoms with E-state index in [1.165, 1.54) is 0 Å². The number of carbonyl (C=O) groups excluding carboxylic acids is 2. The molecule has 154 valence electrons. The standard InChI is InChI=1S/C24H24N2O4/c1-16(2)29-21-8-7-17(13-18(21)15-25)23(28)26-11-9-24(10-12-26)14-20(27)19-5-3-4-6-22(19)30-24/h3-8,13,16H,9-12,14H2,1-2H3. The average Bonchev–Trinajstić information content (AvgIpc) is 2.74. The smallest absolute Gasteiger partial charge is 0.253 e. The lowest BCUT2D eigenvalue weighted by Gasteiger charge is -2.44. The van der Waals surface area contributed by atoms with Crippen LogP contribution in [0.4, 0.5) is 0 Å². The van der Waals surface area contributed by atoms with Gasteiger partial charge in [0.2, 0.25) is 0 Å². The first-order valence-electron chi connectivity index (χ1n) is 10.2. The summed E-state index contributed by atoms with van der Waals surface area (Å²) in [6.45, 7) is 4.78. The van der Waals surface area contributed by atoms with E-state index in [1.54, 1.807) is 29.2 Å². The molecule has 1 saturated heterocycles. The second-order valence-corrected chi connectivity index (χ2v) is 8.16. The Morgan fingerprint density at radius 2 is 1.93 bits per heavy atom. The number of piperidine rings is 1. The van der Waals surface area contributed by atoms with Gasteiger partial charge in [-0.3, -0.25) is 9.59 Å². The van der Waals surface area contributed by atoms with Gasteiger partial charge < -0.3 is 14.4 Å². The van der Waals surface area contributed by atoms with Crippen LogP contribution in [0.5, 0.6) is 11.5 Å². The number of benzene rings is 2. The van der Waals surface area contributed by atoms with Crippen molar-refractivity contribution >= 4 is 11.7 Å². The van der Waals surface area contributed by atoms with Crippen molar-refractivity contribution in [2.45, 2.75) is 44.8 Å². The van der Waals surface area contributed by atoms with Crippen LogP contribution in [0.25, 0.3) is 0 Å². The van der Waals surface area contributed by atoms with Crippen LogP contribution >= 0.6 is 0 Å². The highest BCUT2D eigenvalue weighted by atomic mass is 16.5. The lowest BCUT2D eigenvalue weighted by molar-refractivity contribution is -0.00570. The molecule has 0 N–H and O–H groups in total. The molecule has 1 spiro atoms. The van der Waals surface area contributed by atoms with Crippen molar-refractivity contribution < 1.29 is 19.1 Å². The molecule has 4 rings (SSSR count). The van der Waals surface area contributed by atoms with Gasteiger partial charge in [0.25, 0.3) is 5.91 Å². The molecule has 0 saturated carbocycles. The van der Waals surface area contributed by atoms with Crippen molar-refractivity contribution in [2.24, 2.45) is 0 Å². The third-order valence-corrected chi connectivity index (χ3v) is 5.67. The Hall–Kier alpha value is -3.33. The fourth-order valence-corrected chi connectivity index (χ4v) is 4.13. The molecule has 0 aliphatic carbocycles. The number of Topliss-reactive ketones (excluding diaryl/α,β-unsaturated/α-hetero) is 1. The molecular weight excluding hydrogens is 380 g/mol. The number of hydrogen-bond donors (Lipinski definition) is 0. The largest absolute Gasteiger partial charge is 0.490 e. The highest BCUT2D eigenvalue weighted by Crippen LogP contribution is 2.39. The molecule has 0 radical (unpaired) electrons. The summed E-state index contributed by atoms with van der Waals surface area (Å²) < 4.78 is 11.9. The molecule has 2 aromatic rings. The quantitative estimate of drug-likeness (QED) is 0.773. The minimum atomic E-state index is -0.547. The van der Waals surface area contributed by atoms with E-state index in [0.29, 0.717) is 60.5 Å². The van der Waals surface area contributed by atoms with Crippen molar-refractivity contribution in [3.05, 3.63) is 59.2 Å². The summed E-state index contributed by atoms with van der Waals surface area (Å²) in [5.41, 5.74) is 0.898. The topological polar surface area (TPSA) is 79.6 Å². The maximum absolute atomic E-state index is 13.0. The second kappa shape index (κ2) is 7.83. The molecule has 6 heteroatoms.